The van der Waals surface area contributed by atoms with Gasteiger partial charge in [0, 0.05) is 6.42 Å². The number of fused-ring (bicyclic) bond motifs is 1. The number of allylic oxidation sites excluding steroid dienone is 2. The van der Waals surface area contributed by atoms with Crippen molar-refractivity contribution in [3.05, 3.63) is 40.5 Å². The van der Waals surface area contributed by atoms with Gasteiger partial charge >= 0.3 is 6.18 Å². The monoisotopic (exact) mass is 226 g/mol. The van der Waals surface area contributed by atoms with Crippen LogP contribution in [0.15, 0.2) is 23.8 Å². The van der Waals surface area contributed by atoms with Gasteiger partial charge in [0.15, 0.2) is 0 Å². The number of hydrogen-bond donors (Lipinski definition) is 0. The van der Waals surface area contributed by atoms with Crippen LogP contribution in [0, 0.1) is 0 Å². The summed E-state index contributed by atoms with van der Waals surface area (Å²) in [4.78, 5) is 10.7. The lowest BCUT2D eigenvalue weighted by atomic mass is 10.0. The summed E-state index contributed by atoms with van der Waals surface area (Å²) in [6, 6.07) is 3.61. The van der Waals surface area contributed by atoms with E-state index >= 15 is 0 Å². The third-order valence-corrected chi connectivity index (χ3v) is 2.85. The summed E-state index contributed by atoms with van der Waals surface area (Å²) >= 11 is 0. The Morgan fingerprint density at radius 1 is 1.31 bits per heavy atom. The fraction of sp³-hybridized carbons (Fsp3) is 0.250. The predicted molar refractivity (Wildman–Crippen MR) is 53.8 cm³/mol. The maximum Gasteiger partial charge on any atom is 0.416 e. The van der Waals surface area contributed by atoms with Crippen molar-refractivity contribution in [2.75, 3.05) is 0 Å². The largest absolute Gasteiger partial charge is 0.416 e. The van der Waals surface area contributed by atoms with Crippen LogP contribution in [-0.4, -0.2) is 6.29 Å². The zero-order valence-electron chi connectivity index (χ0n) is 8.56. The first-order chi connectivity index (χ1) is 7.43. The van der Waals surface area contributed by atoms with Crippen LogP contribution in [0.2, 0.25) is 0 Å². The lowest BCUT2D eigenvalue weighted by Gasteiger charge is -2.09. The van der Waals surface area contributed by atoms with Gasteiger partial charge < -0.3 is 0 Å². The molecule has 84 valence electrons. The summed E-state index contributed by atoms with van der Waals surface area (Å²) in [6.45, 7) is 1.68. The number of benzene rings is 1. The Hall–Kier alpha value is -1.58. The van der Waals surface area contributed by atoms with E-state index in [4.69, 9.17) is 0 Å². The maximum atomic E-state index is 12.5. The number of rotatable bonds is 1. The molecular formula is C12H9F3O. The van der Waals surface area contributed by atoms with Gasteiger partial charge in [0.2, 0.25) is 0 Å². The second-order valence-corrected chi connectivity index (χ2v) is 3.81. The SMILES string of the molecule is CC1=C(C=O)Cc2ccc(C(F)(F)F)cc21. The average molecular weight is 226 g/mol. The number of hydrogen-bond acceptors (Lipinski definition) is 1. The van der Waals surface area contributed by atoms with Crippen LogP contribution in [0.3, 0.4) is 0 Å². The first-order valence-corrected chi connectivity index (χ1v) is 4.79. The van der Waals surface area contributed by atoms with Crippen molar-refractivity contribution >= 4 is 11.9 Å². The second-order valence-electron chi connectivity index (χ2n) is 3.81. The predicted octanol–water partition coefficient (Wildman–Crippen LogP) is 3.23. The zero-order chi connectivity index (χ0) is 11.9. The highest BCUT2D eigenvalue weighted by Crippen LogP contribution is 2.36. The Morgan fingerprint density at radius 3 is 2.56 bits per heavy atom. The molecule has 0 atom stereocenters. The summed E-state index contributed by atoms with van der Waals surface area (Å²) in [5.41, 5.74) is 1.87. The summed E-state index contributed by atoms with van der Waals surface area (Å²) in [5.74, 6) is 0. The fourth-order valence-corrected chi connectivity index (χ4v) is 1.90. The molecule has 0 aliphatic heterocycles. The highest BCUT2D eigenvalue weighted by molar-refractivity contribution is 5.92. The minimum absolute atomic E-state index is 0.433. The van der Waals surface area contributed by atoms with E-state index in [-0.39, 0.29) is 0 Å². The number of carbonyl (C=O) groups excluding carboxylic acids is 1. The average Bonchev–Trinajstić information content (AvgIpc) is 2.54. The highest BCUT2D eigenvalue weighted by atomic mass is 19.4. The number of alkyl halides is 3. The van der Waals surface area contributed by atoms with Crippen molar-refractivity contribution in [2.45, 2.75) is 19.5 Å². The quantitative estimate of drug-likeness (QED) is 0.672. The van der Waals surface area contributed by atoms with Crippen molar-refractivity contribution in [3.8, 4) is 0 Å². The van der Waals surface area contributed by atoms with E-state index in [0.29, 0.717) is 29.4 Å². The lowest BCUT2D eigenvalue weighted by Crippen LogP contribution is -2.05. The zero-order valence-corrected chi connectivity index (χ0v) is 8.56. The van der Waals surface area contributed by atoms with Crippen LogP contribution in [0.5, 0.6) is 0 Å². The van der Waals surface area contributed by atoms with Crippen molar-refractivity contribution in [1.29, 1.82) is 0 Å². The Kier molecular flexibility index (Phi) is 2.37. The third-order valence-electron chi connectivity index (χ3n) is 2.85. The van der Waals surface area contributed by atoms with Gasteiger partial charge in [0.1, 0.15) is 6.29 Å². The van der Waals surface area contributed by atoms with Crippen molar-refractivity contribution in [3.63, 3.8) is 0 Å². The summed E-state index contributed by atoms with van der Waals surface area (Å²) in [6.07, 6.45) is -3.19. The molecule has 1 aliphatic carbocycles. The summed E-state index contributed by atoms with van der Waals surface area (Å²) in [5, 5.41) is 0. The molecule has 0 saturated carbocycles. The van der Waals surface area contributed by atoms with E-state index in [2.05, 4.69) is 0 Å². The number of halogens is 3. The molecule has 0 unspecified atom stereocenters. The van der Waals surface area contributed by atoms with Gasteiger partial charge in [-0.2, -0.15) is 13.2 Å². The van der Waals surface area contributed by atoms with E-state index in [0.717, 1.165) is 17.7 Å². The molecular weight excluding hydrogens is 217 g/mol. The molecule has 0 amide bonds. The molecule has 0 saturated heterocycles. The number of carbonyl (C=O) groups is 1. The molecule has 0 radical (unpaired) electrons. The molecule has 0 bridgehead atoms. The van der Waals surface area contributed by atoms with Crippen molar-refractivity contribution in [2.24, 2.45) is 0 Å². The van der Waals surface area contributed by atoms with Crippen LogP contribution >= 0.6 is 0 Å². The van der Waals surface area contributed by atoms with Gasteiger partial charge in [-0.3, -0.25) is 4.79 Å². The molecule has 0 fully saturated rings. The highest BCUT2D eigenvalue weighted by Gasteiger charge is 2.32. The minimum atomic E-state index is -4.33. The van der Waals surface area contributed by atoms with Crippen LogP contribution in [0.1, 0.15) is 23.6 Å². The van der Waals surface area contributed by atoms with Gasteiger partial charge in [-0.05, 0) is 41.3 Å². The van der Waals surface area contributed by atoms with Crippen LogP contribution in [0.25, 0.3) is 5.57 Å². The Labute approximate surface area is 90.6 Å². The Morgan fingerprint density at radius 2 is 2.00 bits per heavy atom. The van der Waals surface area contributed by atoms with Crippen LogP contribution in [0.4, 0.5) is 13.2 Å². The van der Waals surface area contributed by atoms with Gasteiger partial charge in [-0.15, -0.1) is 0 Å². The first kappa shape index (κ1) is 10.9. The lowest BCUT2D eigenvalue weighted by molar-refractivity contribution is -0.137. The molecule has 0 N–H and O–H groups in total. The van der Waals surface area contributed by atoms with Gasteiger partial charge in [0.25, 0.3) is 0 Å². The van der Waals surface area contributed by atoms with Gasteiger partial charge in [0.05, 0.1) is 5.56 Å². The second kappa shape index (κ2) is 3.47. The van der Waals surface area contributed by atoms with E-state index in [1.165, 1.54) is 6.07 Å². The van der Waals surface area contributed by atoms with E-state index < -0.39 is 11.7 Å². The Balaban J connectivity index is 2.53. The first-order valence-electron chi connectivity index (χ1n) is 4.79. The standard InChI is InChI=1S/C12H9F3O/c1-7-9(6-16)4-8-2-3-10(5-11(7)8)12(13,14)15/h2-3,5-6H,4H2,1H3. The Bertz CT molecular complexity index is 484. The summed E-state index contributed by atoms with van der Waals surface area (Å²) < 4.78 is 37.4. The molecule has 4 heteroatoms. The fourth-order valence-electron chi connectivity index (χ4n) is 1.90. The molecule has 0 aromatic heterocycles. The third kappa shape index (κ3) is 1.64. The maximum absolute atomic E-state index is 12.5. The van der Waals surface area contributed by atoms with E-state index in [1.54, 1.807) is 6.92 Å². The van der Waals surface area contributed by atoms with Gasteiger partial charge in [-0.1, -0.05) is 6.07 Å². The van der Waals surface area contributed by atoms with Gasteiger partial charge in [-0.25, -0.2) is 0 Å². The molecule has 1 aromatic carbocycles. The molecule has 0 heterocycles. The van der Waals surface area contributed by atoms with Crippen molar-refractivity contribution in [1.82, 2.24) is 0 Å². The molecule has 1 aromatic rings. The topological polar surface area (TPSA) is 17.1 Å². The molecule has 0 spiro atoms. The number of aldehydes is 1. The molecule has 1 nitrogen and oxygen atoms in total. The molecule has 16 heavy (non-hydrogen) atoms. The molecule has 2 rings (SSSR count). The normalized spacial score (nSPS) is 15.2. The summed E-state index contributed by atoms with van der Waals surface area (Å²) in [7, 11) is 0. The van der Waals surface area contributed by atoms with E-state index in [9.17, 15) is 18.0 Å². The minimum Gasteiger partial charge on any atom is -0.298 e. The molecule has 1 aliphatic rings. The van der Waals surface area contributed by atoms with Crippen LogP contribution < -0.4 is 0 Å². The van der Waals surface area contributed by atoms with Crippen molar-refractivity contribution < 1.29 is 18.0 Å². The smallest absolute Gasteiger partial charge is 0.298 e. The van der Waals surface area contributed by atoms with Crippen LogP contribution in [-0.2, 0) is 17.4 Å². The van der Waals surface area contributed by atoms with E-state index in [1.807, 2.05) is 0 Å².